The molecule has 1 fully saturated rings. The number of carbonyl (C=O) groups excluding carboxylic acids is 2. The number of fused-ring (bicyclic) bond motifs is 2. The monoisotopic (exact) mass is 430 g/mol. The SMILES string of the molecule is CN1CC(c2ccc(O)c(O)c2)C(C(=O)c2ccc(O)cc2)C12C(=O)Nc1ccccc12. The van der Waals surface area contributed by atoms with Crippen molar-refractivity contribution in [3.05, 3.63) is 83.4 Å². The van der Waals surface area contributed by atoms with Crippen molar-refractivity contribution in [1.29, 1.82) is 0 Å². The number of nitrogens with one attached hydrogen (secondary N) is 1. The molecule has 32 heavy (non-hydrogen) atoms. The molecule has 3 aromatic carbocycles. The summed E-state index contributed by atoms with van der Waals surface area (Å²) in [6.07, 6.45) is 0. The van der Waals surface area contributed by atoms with Gasteiger partial charge in [0.15, 0.2) is 17.3 Å². The lowest BCUT2D eigenvalue weighted by Gasteiger charge is -2.35. The fourth-order valence-electron chi connectivity index (χ4n) is 5.27. The molecular weight excluding hydrogens is 408 g/mol. The zero-order valence-electron chi connectivity index (χ0n) is 17.3. The van der Waals surface area contributed by atoms with Gasteiger partial charge in [0.1, 0.15) is 11.3 Å². The Morgan fingerprint density at radius 2 is 1.72 bits per heavy atom. The number of likely N-dealkylation sites (tertiary alicyclic amines) is 1. The fraction of sp³-hybridized carbons (Fsp3) is 0.200. The number of carbonyl (C=O) groups is 2. The van der Waals surface area contributed by atoms with Crippen LogP contribution in [0.4, 0.5) is 5.69 Å². The lowest BCUT2D eigenvalue weighted by Crippen LogP contribution is -2.51. The molecule has 7 nitrogen and oxygen atoms in total. The normalized spacial score (nSPS) is 24.5. The van der Waals surface area contributed by atoms with E-state index in [4.69, 9.17) is 0 Å². The Hall–Kier alpha value is -3.84. The van der Waals surface area contributed by atoms with Gasteiger partial charge in [-0.05, 0) is 55.1 Å². The predicted molar refractivity (Wildman–Crippen MR) is 118 cm³/mol. The topological polar surface area (TPSA) is 110 Å². The highest BCUT2D eigenvalue weighted by Crippen LogP contribution is 2.55. The summed E-state index contributed by atoms with van der Waals surface area (Å²) < 4.78 is 0. The van der Waals surface area contributed by atoms with Gasteiger partial charge < -0.3 is 20.6 Å². The number of anilines is 1. The number of para-hydroxylation sites is 1. The molecule has 4 N–H and O–H groups in total. The Kier molecular flexibility index (Phi) is 4.46. The van der Waals surface area contributed by atoms with Crippen LogP contribution < -0.4 is 5.32 Å². The zero-order chi connectivity index (χ0) is 22.6. The average molecular weight is 430 g/mol. The van der Waals surface area contributed by atoms with Gasteiger partial charge in [0.25, 0.3) is 0 Å². The van der Waals surface area contributed by atoms with E-state index in [9.17, 15) is 24.9 Å². The number of amides is 1. The van der Waals surface area contributed by atoms with Crippen molar-refractivity contribution in [2.75, 3.05) is 18.9 Å². The minimum absolute atomic E-state index is 0.0452. The summed E-state index contributed by atoms with van der Waals surface area (Å²) in [5.74, 6) is -2.22. The molecule has 3 atom stereocenters. The number of ketones is 1. The smallest absolute Gasteiger partial charge is 0.250 e. The molecule has 0 bridgehead atoms. The number of Topliss-reactive ketones (excluding diaryl/α,β-unsaturated/α-hetero) is 1. The average Bonchev–Trinajstić information content (AvgIpc) is 3.25. The number of hydrogen-bond acceptors (Lipinski definition) is 6. The van der Waals surface area contributed by atoms with E-state index in [0.29, 0.717) is 23.4 Å². The summed E-state index contributed by atoms with van der Waals surface area (Å²) in [7, 11) is 1.82. The van der Waals surface area contributed by atoms with Crippen molar-refractivity contribution in [2.45, 2.75) is 11.5 Å². The van der Waals surface area contributed by atoms with Crippen molar-refractivity contribution in [3.63, 3.8) is 0 Å². The van der Waals surface area contributed by atoms with Gasteiger partial charge in [-0.2, -0.15) is 0 Å². The molecule has 2 aliphatic rings. The Labute approximate surface area is 184 Å². The minimum atomic E-state index is -1.23. The summed E-state index contributed by atoms with van der Waals surface area (Å²) in [4.78, 5) is 29.4. The van der Waals surface area contributed by atoms with Gasteiger partial charge in [0.2, 0.25) is 5.91 Å². The van der Waals surface area contributed by atoms with Gasteiger partial charge in [0, 0.05) is 29.3 Å². The number of aromatic hydroxyl groups is 3. The highest BCUT2D eigenvalue weighted by molar-refractivity contribution is 6.12. The van der Waals surface area contributed by atoms with Crippen LogP contribution >= 0.6 is 0 Å². The third kappa shape index (κ3) is 2.71. The molecule has 2 heterocycles. The van der Waals surface area contributed by atoms with E-state index in [-0.39, 0.29) is 28.9 Å². The summed E-state index contributed by atoms with van der Waals surface area (Å²) in [5, 5.41) is 32.5. The van der Waals surface area contributed by atoms with Crippen molar-refractivity contribution in [3.8, 4) is 17.2 Å². The molecule has 0 aliphatic carbocycles. The van der Waals surface area contributed by atoms with Crippen molar-refractivity contribution >= 4 is 17.4 Å². The van der Waals surface area contributed by atoms with Gasteiger partial charge in [0.05, 0.1) is 5.92 Å². The first kappa shape index (κ1) is 20.1. The molecule has 0 saturated carbocycles. The predicted octanol–water partition coefficient (Wildman–Crippen LogP) is 3.18. The second-order valence-electron chi connectivity index (χ2n) is 8.39. The third-order valence-electron chi connectivity index (χ3n) is 6.72. The Morgan fingerprint density at radius 3 is 2.44 bits per heavy atom. The Balaban J connectivity index is 1.73. The molecule has 0 radical (unpaired) electrons. The third-order valence-corrected chi connectivity index (χ3v) is 6.72. The maximum Gasteiger partial charge on any atom is 0.250 e. The second-order valence-corrected chi connectivity index (χ2v) is 8.39. The summed E-state index contributed by atoms with van der Waals surface area (Å²) >= 11 is 0. The summed E-state index contributed by atoms with van der Waals surface area (Å²) in [5.41, 5.74) is 1.20. The van der Waals surface area contributed by atoms with E-state index in [1.165, 1.54) is 24.3 Å². The van der Waals surface area contributed by atoms with E-state index in [2.05, 4.69) is 5.32 Å². The Morgan fingerprint density at radius 1 is 1.00 bits per heavy atom. The largest absolute Gasteiger partial charge is 0.508 e. The Bertz CT molecular complexity index is 1240. The summed E-state index contributed by atoms with van der Waals surface area (Å²) in [6.45, 7) is 0.389. The molecule has 1 spiro atoms. The molecule has 2 aliphatic heterocycles. The fourth-order valence-corrected chi connectivity index (χ4v) is 5.27. The minimum Gasteiger partial charge on any atom is -0.508 e. The van der Waals surface area contributed by atoms with E-state index in [0.717, 1.165) is 5.56 Å². The van der Waals surface area contributed by atoms with Crippen LogP contribution in [-0.2, 0) is 10.3 Å². The van der Waals surface area contributed by atoms with Gasteiger partial charge in [-0.1, -0.05) is 24.3 Å². The van der Waals surface area contributed by atoms with Crippen LogP contribution in [0.1, 0.15) is 27.4 Å². The van der Waals surface area contributed by atoms with Gasteiger partial charge in [-0.15, -0.1) is 0 Å². The second kappa shape index (κ2) is 7.10. The number of phenolic OH excluding ortho intramolecular Hbond substituents is 3. The molecule has 162 valence electrons. The van der Waals surface area contributed by atoms with E-state index >= 15 is 0 Å². The number of rotatable bonds is 3. The van der Waals surface area contributed by atoms with Crippen LogP contribution in [0.25, 0.3) is 0 Å². The van der Waals surface area contributed by atoms with Gasteiger partial charge in [-0.3, -0.25) is 14.5 Å². The van der Waals surface area contributed by atoms with Crippen LogP contribution in [0.3, 0.4) is 0 Å². The number of phenols is 3. The quantitative estimate of drug-likeness (QED) is 0.375. The zero-order valence-corrected chi connectivity index (χ0v) is 17.3. The van der Waals surface area contributed by atoms with E-state index in [1.807, 2.05) is 36.2 Å². The summed E-state index contributed by atoms with van der Waals surface area (Å²) in [6, 6.07) is 17.9. The number of nitrogens with zero attached hydrogens (tertiary/aromatic N) is 1. The molecular formula is C25H22N2O5. The van der Waals surface area contributed by atoms with Crippen molar-refractivity contribution in [2.24, 2.45) is 5.92 Å². The molecule has 1 amide bonds. The van der Waals surface area contributed by atoms with Crippen LogP contribution in [0, 0.1) is 5.92 Å². The van der Waals surface area contributed by atoms with E-state index < -0.39 is 17.4 Å². The maximum atomic E-state index is 14.0. The highest BCUT2D eigenvalue weighted by atomic mass is 16.3. The first-order valence-corrected chi connectivity index (χ1v) is 10.3. The van der Waals surface area contributed by atoms with Crippen molar-refractivity contribution < 1.29 is 24.9 Å². The first-order valence-electron chi connectivity index (χ1n) is 10.3. The van der Waals surface area contributed by atoms with Crippen LogP contribution in [0.5, 0.6) is 17.2 Å². The lowest BCUT2D eigenvalue weighted by molar-refractivity contribution is -0.126. The van der Waals surface area contributed by atoms with Crippen LogP contribution in [0.15, 0.2) is 66.7 Å². The molecule has 1 saturated heterocycles. The lowest BCUT2D eigenvalue weighted by atomic mass is 9.70. The number of hydrogen-bond donors (Lipinski definition) is 4. The number of benzene rings is 3. The van der Waals surface area contributed by atoms with E-state index in [1.54, 1.807) is 18.2 Å². The highest BCUT2D eigenvalue weighted by Gasteiger charge is 2.64. The molecule has 5 rings (SSSR count). The number of likely N-dealkylation sites (N-methyl/N-ethyl adjacent to an activating group) is 1. The first-order chi connectivity index (χ1) is 15.3. The molecule has 7 heteroatoms. The van der Waals surface area contributed by atoms with Crippen LogP contribution in [-0.4, -0.2) is 45.5 Å². The molecule has 3 unspecified atom stereocenters. The molecule has 0 aromatic heterocycles. The van der Waals surface area contributed by atoms with Crippen molar-refractivity contribution in [1.82, 2.24) is 4.90 Å². The van der Waals surface area contributed by atoms with Gasteiger partial charge in [-0.25, -0.2) is 0 Å². The molecule has 3 aromatic rings. The maximum absolute atomic E-state index is 14.0. The standard InChI is InChI=1S/C25H22N2O5/c1-27-13-17(15-8-11-20(29)21(30)12-15)22(23(31)14-6-9-16(28)10-7-14)25(27)18-4-2-3-5-19(18)26-24(25)32/h2-12,17,22,28-30H,13H2,1H3,(H,26,32). The van der Waals surface area contributed by atoms with Crippen LogP contribution in [0.2, 0.25) is 0 Å². The van der Waals surface area contributed by atoms with Gasteiger partial charge >= 0.3 is 0 Å².